The fourth-order valence-corrected chi connectivity index (χ4v) is 0.512. The third kappa shape index (κ3) is 3.33. The van der Waals surface area contributed by atoms with Crippen molar-refractivity contribution in [2.24, 2.45) is 5.92 Å². The van der Waals surface area contributed by atoms with E-state index < -0.39 is 0 Å². The van der Waals surface area contributed by atoms with Crippen molar-refractivity contribution in [1.82, 2.24) is 0 Å². The third-order valence-electron chi connectivity index (χ3n) is 1.11. The molecule has 0 bridgehead atoms. The van der Waals surface area contributed by atoms with Crippen molar-refractivity contribution < 1.29 is 4.74 Å². The first kappa shape index (κ1) is 8.31. The topological polar surface area (TPSA) is 9.23 Å². The zero-order chi connectivity index (χ0) is 6.57. The molecule has 1 nitrogen and oxygen atoms in total. The van der Waals surface area contributed by atoms with Gasteiger partial charge in [-0.2, -0.15) is 12.6 Å². The van der Waals surface area contributed by atoms with Crippen LogP contribution >= 0.6 is 12.6 Å². The van der Waals surface area contributed by atoms with Gasteiger partial charge < -0.3 is 4.74 Å². The van der Waals surface area contributed by atoms with E-state index >= 15 is 0 Å². The monoisotopic (exact) mass is 134 g/mol. The number of rotatable bonds is 3. The number of ether oxygens (including phenoxy) is 1. The van der Waals surface area contributed by atoms with E-state index in [1.54, 1.807) is 7.11 Å². The Bertz CT molecular complexity index is 54.5. The molecule has 0 aliphatic carbocycles. The second kappa shape index (κ2) is 4.21. The van der Waals surface area contributed by atoms with Gasteiger partial charge >= 0.3 is 0 Å². The summed E-state index contributed by atoms with van der Waals surface area (Å²) in [7, 11) is 1.70. The van der Waals surface area contributed by atoms with Gasteiger partial charge in [0.2, 0.25) is 0 Å². The van der Waals surface area contributed by atoms with Gasteiger partial charge in [-0.1, -0.05) is 13.8 Å². The third-order valence-corrected chi connectivity index (χ3v) is 1.85. The van der Waals surface area contributed by atoms with Gasteiger partial charge in [0.05, 0.1) is 6.61 Å². The molecular formula is C6H14OS. The zero-order valence-electron chi connectivity index (χ0n) is 5.72. The molecule has 0 saturated carbocycles. The van der Waals surface area contributed by atoms with Gasteiger partial charge in [0.1, 0.15) is 0 Å². The van der Waals surface area contributed by atoms with Gasteiger partial charge in [0.15, 0.2) is 0 Å². The minimum Gasteiger partial charge on any atom is -0.384 e. The first-order valence-electron chi connectivity index (χ1n) is 2.85. The molecule has 8 heavy (non-hydrogen) atoms. The summed E-state index contributed by atoms with van der Waals surface area (Å²) in [6, 6.07) is 0. The van der Waals surface area contributed by atoms with Crippen molar-refractivity contribution in [3.63, 3.8) is 0 Å². The summed E-state index contributed by atoms with van der Waals surface area (Å²) in [5.74, 6) is 0.610. The minimum absolute atomic E-state index is 0.389. The molecule has 1 atom stereocenters. The molecular weight excluding hydrogens is 120 g/mol. The molecule has 0 spiro atoms. The van der Waals surface area contributed by atoms with Crippen LogP contribution < -0.4 is 0 Å². The molecule has 0 aliphatic heterocycles. The summed E-state index contributed by atoms with van der Waals surface area (Å²) in [6.07, 6.45) is 0. The van der Waals surface area contributed by atoms with Gasteiger partial charge in [-0.05, 0) is 5.92 Å². The van der Waals surface area contributed by atoms with Crippen LogP contribution in [0.25, 0.3) is 0 Å². The van der Waals surface area contributed by atoms with Crippen LogP contribution in [-0.4, -0.2) is 19.0 Å². The van der Waals surface area contributed by atoms with Gasteiger partial charge in [-0.15, -0.1) is 0 Å². The molecule has 0 aromatic heterocycles. The Labute approximate surface area is 56.8 Å². The Morgan fingerprint density at radius 2 is 2.00 bits per heavy atom. The Kier molecular flexibility index (Phi) is 4.38. The highest BCUT2D eigenvalue weighted by Crippen LogP contribution is 2.07. The Hall–Kier alpha value is 0.310. The van der Waals surface area contributed by atoms with Crippen LogP contribution in [0.5, 0.6) is 0 Å². The van der Waals surface area contributed by atoms with Gasteiger partial charge in [0.25, 0.3) is 0 Å². The van der Waals surface area contributed by atoms with E-state index in [4.69, 9.17) is 4.74 Å². The lowest BCUT2D eigenvalue weighted by atomic mass is 10.1. The van der Waals surface area contributed by atoms with E-state index in [2.05, 4.69) is 26.5 Å². The quantitative estimate of drug-likeness (QED) is 0.577. The summed E-state index contributed by atoms with van der Waals surface area (Å²) in [5.41, 5.74) is 0. The van der Waals surface area contributed by atoms with E-state index in [0.717, 1.165) is 6.61 Å². The first-order chi connectivity index (χ1) is 3.68. The Morgan fingerprint density at radius 1 is 1.50 bits per heavy atom. The van der Waals surface area contributed by atoms with E-state index in [1.807, 2.05) is 0 Å². The van der Waals surface area contributed by atoms with Crippen LogP contribution in [0.2, 0.25) is 0 Å². The maximum atomic E-state index is 4.89. The Balaban J connectivity index is 3.17. The highest BCUT2D eigenvalue weighted by Gasteiger charge is 2.05. The van der Waals surface area contributed by atoms with Crippen LogP contribution in [0.1, 0.15) is 13.8 Å². The molecule has 0 radical (unpaired) electrons. The standard InChI is InChI=1S/C6H14OS/c1-5(2)6(8)4-7-3/h5-6,8H,4H2,1-3H3. The largest absolute Gasteiger partial charge is 0.384 e. The number of thiol groups is 1. The van der Waals surface area contributed by atoms with Gasteiger partial charge in [0, 0.05) is 12.4 Å². The van der Waals surface area contributed by atoms with Crippen molar-refractivity contribution >= 4 is 12.6 Å². The molecule has 0 amide bonds. The van der Waals surface area contributed by atoms with E-state index in [9.17, 15) is 0 Å². The van der Waals surface area contributed by atoms with Crippen molar-refractivity contribution in [1.29, 1.82) is 0 Å². The lowest BCUT2D eigenvalue weighted by Crippen LogP contribution is -2.13. The molecule has 0 rings (SSSR count). The lowest BCUT2D eigenvalue weighted by molar-refractivity contribution is 0.188. The Morgan fingerprint density at radius 3 is 2.12 bits per heavy atom. The van der Waals surface area contributed by atoms with Crippen molar-refractivity contribution in [3.8, 4) is 0 Å². The number of hydrogen-bond acceptors (Lipinski definition) is 2. The van der Waals surface area contributed by atoms with Crippen LogP contribution in [-0.2, 0) is 4.74 Å². The van der Waals surface area contributed by atoms with E-state index in [-0.39, 0.29) is 0 Å². The van der Waals surface area contributed by atoms with Crippen LogP contribution in [0.4, 0.5) is 0 Å². The summed E-state index contributed by atoms with van der Waals surface area (Å²) >= 11 is 4.28. The average Bonchev–Trinajstić information content (AvgIpc) is 1.67. The summed E-state index contributed by atoms with van der Waals surface area (Å²) in [5, 5.41) is 0.389. The normalized spacial score (nSPS) is 14.6. The molecule has 0 aliphatic rings. The summed E-state index contributed by atoms with van der Waals surface area (Å²) in [6.45, 7) is 5.02. The lowest BCUT2D eigenvalue weighted by Gasteiger charge is -2.11. The fraction of sp³-hybridized carbons (Fsp3) is 1.00. The predicted octanol–water partition coefficient (Wildman–Crippen LogP) is 1.59. The second-order valence-electron chi connectivity index (χ2n) is 2.27. The summed E-state index contributed by atoms with van der Waals surface area (Å²) in [4.78, 5) is 0. The molecule has 0 aromatic carbocycles. The summed E-state index contributed by atoms with van der Waals surface area (Å²) < 4.78 is 4.89. The minimum atomic E-state index is 0.389. The molecule has 0 aromatic rings. The fourth-order valence-electron chi connectivity index (χ4n) is 0.363. The van der Waals surface area contributed by atoms with Gasteiger partial charge in [-0.3, -0.25) is 0 Å². The maximum absolute atomic E-state index is 4.89. The predicted molar refractivity (Wildman–Crippen MR) is 39.5 cm³/mol. The van der Waals surface area contributed by atoms with E-state index in [0.29, 0.717) is 11.2 Å². The van der Waals surface area contributed by atoms with Crippen LogP contribution in [0.3, 0.4) is 0 Å². The molecule has 0 heterocycles. The van der Waals surface area contributed by atoms with Crippen molar-refractivity contribution in [2.75, 3.05) is 13.7 Å². The average molecular weight is 134 g/mol. The zero-order valence-corrected chi connectivity index (χ0v) is 6.61. The van der Waals surface area contributed by atoms with Crippen molar-refractivity contribution in [2.45, 2.75) is 19.1 Å². The van der Waals surface area contributed by atoms with Crippen molar-refractivity contribution in [3.05, 3.63) is 0 Å². The smallest absolute Gasteiger partial charge is 0.0581 e. The molecule has 50 valence electrons. The molecule has 0 saturated heterocycles. The highest BCUT2D eigenvalue weighted by atomic mass is 32.1. The van der Waals surface area contributed by atoms with Gasteiger partial charge in [-0.25, -0.2) is 0 Å². The second-order valence-corrected chi connectivity index (χ2v) is 2.93. The first-order valence-corrected chi connectivity index (χ1v) is 3.37. The molecule has 0 fully saturated rings. The molecule has 2 heteroatoms. The maximum Gasteiger partial charge on any atom is 0.0581 e. The molecule has 1 unspecified atom stereocenters. The number of hydrogen-bond donors (Lipinski definition) is 1. The molecule has 0 N–H and O–H groups in total. The SMILES string of the molecule is COCC(S)C(C)C. The van der Waals surface area contributed by atoms with Crippen LogP contribution in [0, 0.1) is 5.92 Å². The van der Waals surface area contributed by atoms with E-state index in [1.165, 1.54) is 0 Å². The highest BCUT2D eigenvalue weighted by molar-refractivity contribution is 7.81. The number of methoxy groups -OCH3 is 1. The van der Waals surface area contributed by atoms with Crippen LogP contribution in [0.15, 0.2) is 0 Å².